The average Bonchev–Trinajstić information content (AvgIpc) is 2.31. The van der Waals surface area contributed by atoms with Crippen LogP contribution in [0, 0.1) is 16.7 Å². The molecule has 4 nitrogen and oxygen atoms in total. The van der Waals surface area contributed by atoms with E-state index >= 15 is 0 Å². The highest BCUT2D eigenvalue weighted by atomic mass is 16.4. The Morgan fingerprint density at radius 3 is 2.38 bits per heavy atom. The van der Waals surface area contributed by atoms with Gasteiger partial charge in [-0.1, -0.05) is 13.8 Å². The van der Waals surface area contributed by atoms with Gasteiger partial charge in [0, 0.05) is 13.1 Å². The zero-order valence-corrected chi connectivity index (χ0v) is 10.1. The van der Waals surface area contributed by atoms with Crippen LogP contribution in [0.5, 0.6) is 0 Å². The molecule has 0 radical (unpaired) electrons. The van der Waals surface area contributed by atoms with Crippen molar-refractivity contribution in [1.29, 1.82) is 5.26 Å². The first-order chi connectivity index (χ1) is 7.59. The Kier molecular flexibility index (Phi) is 4.31. The lowest BCUT2D eigenvalue weighted by Crippen LogP contribution is -2.47. The normalized spacial score (nSPS) is 22.3. The van der Waals surface area contributed by atoms with Crippen LogP contribution in [0.2, 0.25) is 0 Å². The zero-order valence-electron chi connectivity index (χ0n) is 10.1. The molecule has 0 bridgehead atoms. The van der Waals surface area contributed by atoms with Crippen LogP contribution in [0.15, 0.2) is 0 Å². The molecule has 0 spiro atoms. The summed E-state index contributed by atoms with van der Waals surface area (Å²) in [5, 5.41) is 18.2. The van der Waals surface area contributed by atoms with Crippen molar-refractivity contribution in [2.24, 2.45) is 5.41 Å². The third kappa shape index (κ3) is 2.35. The summed E-state index contributed by atoms with van der Waals surface area (Å²) in [4.78, 5) is 13.3. The molecule has 0 aliphatic carbocycles. The van der Waals surface area contributed by atoms with Crippen LogP contribution >= 0.6 is 0 Å². The van der Waals surface area contributed by atoms with Crippen LogP contribution < -0.4 is 0 Å². The van der Waals surface area contributed by atoms with Crippen LogP contribution in [-0.4, -0.2) is 35.1 Å². The van der Waals surface area contributed by atoms with Crippen molar-refractivity contribution in [2.45, 2.75) is 45.6 Å². The number of carboxylic acid groups (broad SMARTS) is 1. The Hall–Kier alpha value is -1.08. The second-order valence-electron chi connectivity index (χ2n) is 4.53. The van der Waals surface area contributed by atoms with Crippen molar-refractivity contribution >= 4 is 5.97 Å². The summed E-state index contributed by atoms with van der Waals surface area (Å²) in [5.74, 6) is -0.681. The van der Waals surface area contributed by atoms with Crippen LogP contribution in [0.4, 0.5) is 0 Å². The van der Waals surface area contributed by atoms with E-state index in [0.29, 0.717) is 19.3 Å². The SMILES string of the molecule is CCC(C#N)N1CCC(CC)(C(=O)O)CC1. The molecule has 0 saturated carbocycles. The Balaban J connectivity index is 2.63. The maximum absolute atomic E-state index is 11.2. The lowest BCUT2D eigenvalue weighted by molar-refractivity contribution is -0.152. The number of piperidine rings is 1. The summed E-state index contributed by atoms with van der Waals surface area (Å²) in [5.41, 5.74) is -0.551. The molecule has 1 saturated heterocycles. The maximum atomic E-state index is 11.2. The number of likely N-dealkylation sites (tertiary alicyclic amines) is 1. The highest BCUT2D eigenvalue weighted by molar-refractivity contribution is 5.74. The fraction of sp³-hybridized carbons (Fsp3) is 0.833. The minimum absolute atomic E-state index is 0.0522. The Labute approximate surface area is 96.9 Å². The summed E-state index contributed by atoms with van der Waals surface area (Å²) in [6, 6.07) is 2.22. The van der Waals surface area contributed by atoms with E-state index in [0.717, 1.165) is 19.5 Å². The predicted octanol–water partition coefficient (Wildman–Crippen LogP) is 1.87. The monoisotopic (exact) mass is 224 g/mol. The number of nitriles is 1. The van der Waals surface area contributed by atoms with E-state index in [-0.39, 0.29) is 6.04 Å². The Morgan fingerprint density at radius 1 is 1.50 bits per heavy atom. The maximum Gasteiger partial charge on any atom is 0.309 e. The lowest BCUT2D eigenvalue weighted by atomic mass is 9.76. The van der Waals surface area contributed by atoms with E-state index in [2.05, 4.69) is 11.0 Å². The van der Waals surface area contributed by atoms with E-state index in [9.17, 15) is 9.90 Å². The molecule has 1 aliphatic heterocycles. The largest absolute Gasteiger partial charge is 0.481 e. The smallest absolute Gasteiger partial charge is 0.309 e. The Morgan fingerprint density at radius 2 is 2.06 bits per heavy atom. The number of hydrogen-bond acceptors (Lipinski definition) is 3. The predicted molar refractivity (Wildman–Crippen MR) is 60.9 cm³/mol. The van der Waals surface area contributed by atoms with Gasteiger partial charge in [0.05, 0.1) is 17.5 Å². The third-order valence-electron chi connectivity index (χ3n) is 3.86. The fourth-order valence-electron chi connectivity index (χ4n) is 2.41. The lowest BCUT2D eigenvalue weighted by Gasteiger charge is -2.39. The van der Waals surface area contributed by atoms with Crippen molar-refractivity contribution in [3.8, 4) is 6.07 Å². The van der Waals surface area contributed by atoms with Gasteiger partial charge >= 0.3 is 5.97 Å². The molecular weight excluding hydrogens is 204 g/mol. The van der Waals surface area contributed by atoms with E-state index in [1.165, 1.54) is 0 Å². The molecule has 4 heteroatoms. The zero-order chi connectivity index (χ0) is 12.2. The van der Waals surface area contributed by atoms with Gasteiger partial charge in [-0.2, -0.15) is 5.26 Å². The molecule has 1 rings (SSSR count). The van der Waals surface area contributed by atoms with Crippen molar-refractivity contribution < 1.29 is 9.90 Å². The van der Waals surface area contributed by atoms with Gasteiger partial charge in [-0.15, -0.1) is 0 Å². The van der Waals surface area contributed by atoms with Gasteiger partial charge in [-0.3, -0.25) is 9.69 Å². The van der Waals surface area contributed by atoms with E-state index < -0.39 is 11.4 Å². The van der Waals surface area contributed by atoms with Gasteiger partial charge < -0.3 is 5.11 Å². The van der Waals surface area contributed by atoms with Gasteiger partial charge in [0.1, 0.15) is 0 Å². The van der Waals surface area contributed by atoms with Crippen molar-refractivity contribution in [2.75, 3.05) is 13.1 Å². The standard InChI is InChI=1S/C12H20N2O2/c1-3-10(9-13)14-7-5-12(4-2,6-8-14)11(15)16/h10H,3-8H2,1-2H3,(H,15,16). The van der Waals surface area contributed by atoms with Crippen LogP contribution in [0.25, 0.3) is 0 Å². The molecule has 0 amide bonds. The summed E-state index contributed by atoms with van der Waals surface area (Å²) in [6.45, 7) is 5.39. The number of carbonyl (C=O) groups is 1. The fourth-order valence-corrected chi connectivity index (χ4v) is 2.41. The first-order valence-corrected chi connectivity index (χ1v) is 5.96. The van der Waals surface area contributed by atoms with E-state index in [4.69, 9.17) is 5.26 Å². The van der Waals surface area contributed by atoms with Crippen molar-refractivity contribution in [3.63, 3.8) is 0 Å². The minimum atomic E-state index is -0.681. The molecule has 1 heterocycles. The molecule has 1 N–H and O–H groups in total. The minimum Gasteiger partial charge on any atom is -0.481 e. The van der Waals surface area contributed by atoms with Gasteiger partial charge in [-0.05, 0) is 25.7 Å². The highest BCUT2D eigenvalue weighted by Gasteiger charge is 2.40. The molecule has 90 valence electrons. The number of hydrogen-bond donors (Lipinski definition) is 1. The Bertz CT molecular complexity index is 288. The molecule has 1 unspecified atom stereocenters. The third-order valence-corrected chi connectivity index (χ3v) is 3.86. The van der Waals surface area contributed by atoms with Crippen molar-refractivity contribution in [1.82, 2.24) is 4.90 Å². The summed E-state index contributed by atoms with van der Waals surface area (Å²) >= 11 is 0. The van der Waals surface area contributed by atoms with Crippen molar-refractivity contribution in [3.05, 3.63) is 0 Å². The summed E-state index contributed by atoms with van der Waals surface area (Å²) < 4.78 is 0. The molecule has 16 heavy (non-hydrogen) atoms. The molecule has 1 fully saturated rings. The van der Waals surface area contributed by atoms with Gasteiger partial charge in [0.15, 0.2) is 0 Å². The number of carboxylic acids is 1. The highest BCUT2D eigenvalue weighted by Crippen LogP contribution is 2.35. The number of rotatable bonds is 4. The number of aliphatic carboxylic acids is 1. The second kappa shape index (κ2) is 5.31. The molecule has 0 aromatic heterocycles. The van der Waals surface area contributed by atoms with Gasteiger partial charge in [-0.25, -0.2) is 0 Å². The van der Waals surface area contributed by atoms with Gasteiger partial charge in [0.25, 0.3) is 0 Å². The van der Waals surface area contributed by atoms with E-state index in [1.54, 1.807) is 0 Å². The second-order valence-corrected chi connectivity index (χ2v) is 4.53. The van der Waals surface area contributed by atoms with Crippen LogP contribution in [0.1, 0.15) is 39.5 Å². The first kappa shape index (κ1) is 13.0. The molecule has 1 aliphatic rings. The van der Waals surface area contributed by atoms with Gasteiger partial charge in [0.2, 0.25) is 0 Å². The van der Waals surface area contributed by atoms with Crippen LogP contribution in [0.3, 0.4) is 0 Å². The topological polar surface area (TPSA) is 64.3 Å². The molecule has 1 atom stereocenters. The average molecular weight is 224 g/mol. The van der Waals surface area contributed by atoms with Crippen LogP contribution in [-0.2, 0) is 4.79 Å². The quantitative estimate of drug-likeness (QED) is 0.791. The summed E-state index contributed by atoms with van der Waals surface area (Å²) in [6.07, 6.45) is 2.82. The summed E-state index contributed by atoms with van der Waals surface area (Å²) in [7, 11) is 0. The van der Waals surface area contributed by atoms with E-state index in [1.807, 2.05) is 13.8 Å². The first-order valence-electron chi connectivity index (χ1n) is 5.96. The number of nitrogens with zero attached hydrogens (tertiary/aromatic N) is 2. The molecular formula is C12H20N2O2. The molecule has 0 aromatic rings. The molecule has 0 aromatic carbocycles.